The summed E-state index contributed by atoms with van der Waals surface area (Å²) in [5.41, 5.74) is 7.15. The maximum atomic E-state index is 13.0. The average molecular weight is 476 g/mol. The van der Waals surface area contributed by atoms with Gasteiger partial charge in [0.1, 0.15) is 0 Å². The van der Waals surface area contributed by atoms with Crippen molar-refractivity contribution in [2.24, 2.45) is 0 Å². The number of nitro groups is 1. The van der Waals surface area contributed by atoms with Gasteiger partial charge in [0.25, 0.3) is 16.8 Å². The number of carbonyl (C=O) groups is 2. The monoisotopic (exact) mass is 475 g/mol. The van der Waals surface area contributed by atoms with Crippen molar-refractivity contribution >= 4 is 34.7 Å². The summed E-state index contributed by atoms with van der Waals surface area (Å²) in [6.45, 7) is 8.36. The van der Waals surface area contributed by atoms with Crippen LogP contribution in [0.25, 0.3) is 11.8 Å². The van der Waals surface area contributed by atoms with Gasteiger partial charge in [0, 0.05) is 23.5 Å². The standard InChI is InChI=1S/C26H25N3O4S/c1-5-20-8-6-7-16(2)24(20)28-17(3)13-21(18(28)4)14-23-25(30)27(26(31)34-23)15-19-9-11-22(12-10-19)29(32)33/h6-14H,5,15H2,1-4H3/b23-14-. The number of thioether (sulfide) groups is 1. The van der Waals surface area contributed by atoms with Crippen molar-refractivity contribution in [3.8, 4) is 5.69 Å². The number of benzene rings is 2. The highest BCUT2D eigenvalue weighted by molar-refractivity contribution is 8.18. The van der Waals surface area contributed by atoms with Gasteiger partial charge in [0.15, 0.2) is 0 Å². The zero-order valence-corrected chi connectivity index (χ0v) is 20.3. The van der Waals surface area contributed by atoms with E-state index >= 15 is 0 Å². The molecule has 8 heteroatoms. The molecule has 0 unspecified atom stereocenters. The molecule has 4 rings (SSSR count). The van der Waals surface area contributed by atoms with E-state index in [1.807, 2.05) is 19.9 Å². The molecule has 0 saturated carbocycles. The van der Waals surface area contributed by atoms with Crippen LogP contribution in [-0.4, -0.2) is 25.5 Å². The van der Waals surface area contributed by atoms with Crippen molar-refractivity contribution in [1.82, 2.24) is 9.47 Å². The Kier molecular flexibility index (Phi) is 6.43. The molecule has 0 spiro atoms. The normalized spacial score (nSPS) is 14.9. The quantitative estimate of drug-likeness (QED) is 0.244. The van der Waals surface area contributed by atoms with Gasteiger partial charge in [-0.2, -0.15) is 0 Å². The number of para-hydroxylation sites is 1. The molecule has 34 heavy (non-hydrogen) atoms. The van der Waals surface area contributed by atoms with Gasteiger partial charge in [-0.3, -0.25) is 24.6 Å². The second kappa shape index (κ2) is 9.30. The molecule has 2 heterocycles. The van der Waals surface area contributed by atoms with Gasteiger partial charge in [-0.25, -0.2) is 0 Å². The van der Waals surface area contributed by atoms with E-state index in [-0.39, 0.29) is 23.4 Å². The summed E-state index contributed by atoms with van der Waals surface area (Å²) in [7, 11) is 0. The number of amides is 2. The smallest absolute Gasteiger partial charge is 0.293 e. The minimum absolute atomic E-state index is 0.0342. The van der Waals surface area contributed by atoms with E-state index in [0.717, 1.165) is 40.8 Å². The molecule has 7 nitrogen and oxygen atoms in total. The maximum absolute atomic E-state index is 13.0. The van der Waals surface area contributed by atoms with Crippen LogP contribution in [0.1, 0.15) is 40.6 Å². The number of nitro benzene ring substituents is 1. The SMILES string of the molecule is CCc1cccc(C)c1-n1c(C)cc(/C=C2\SC(=O)N(Cc3ccc([N+](=O)[O-])cc3)C2=O)c1C. The van der Waals surface area contributed by atoms with Crippen molar-refractivity contribution in [2.75, 3.05) is 0 Å². The van der Waals surface area contributed by atoms with Crippen molar-refractivity contribution in [2.45, 2.75) is 40.7 Å². The van der Waals surface area contributed by atoms with Crippen LogP contribution in [0.3, 0.4) is 0 Å². The Balaban J connectivity index is 1.63. The highest BCUT2D eigenvalue weighted by Crippen LogP contribution is 2.35. The first-order valence-electron chi connectivity index (χ1n) is 11.0. The number of hydrogen-bond donors (Lipinski definition) is 0. The lowest BCUT2D eigenvalue weighted by molar-refractivity contribution is -0.384. The molecule has 1 fully saturated rings. The number of imide groups is 1. The lowest BCUT2D eigenvalue weighted by atomic mass is 10.1. The molecule has 0 aliphatic carbocycles. The topological polar surface area (TPSA) is 85.4 Å². The first-order chi connectivity index (χ1) is 16.2. The molecule has 2 amide bonds. The molecule has 0 bridgehead atoms. The Morgan fingerprint density at radius 3 is 2.41 bits per heavy atom. The van der Waals surface area contributed by atoms with Crippen LogP contribution < -0.4 is 0 Å². The van der Waals surface area contributed by atoms with E-state index in [4.69, 9.17) is 0 Å². The van der Waals surface area contributed by atoms with E-state index in [1.165, 1.54) is 28.2 Å². The minimum atomic E-state index is -0.483. The molecule has 0 radical (unpaired) electrons. The molecular formula is C26H25N3O4S. The number of aryl methyl sites for hydroxylation is 3. The second-order valence-corrected chi connectivity index (χ2v) is 9.28. The Labute approximate surface area is 202 Å². The van der Waals surface area contributed by atoms with E-state index in [9.17, 15) is 19.7 Å². The van der Waals surface area contributed by atoms with Crippen molar-refractivity contribution in [1.29, 1.82) is 0 Å². The first kappa shape index (κ1) is 23.5. The third-order valence-electron chi connectivity index (χ3n) is 6.04. The van der Waals surface area contributed by atoms with E-state index in [1.54, 1.807) is 18.2 Å². The fourth-order valence-corrected chi connectivity index (χ4v) is 5.12. The summed E-state index contributed by atoms with van der Waals surface area (Å²) in [6, 6.07) is 14.2. The molecule has 1 saturated heterocycles. The van der Waals surface area contributed by atoms with E-state index in [2.05, 4.69) is 36.6 Å². The molecule has 3 aromatic rings. The fourth-order valence-electron chi connectivity index (χ4n) is 4.29. The molecular weight excluding hydrogens is 450 g/mol. The number of hydrogen-bond acceptors (Lipinski definition) is 5. The van der Waals surface area contributed by atoms with Crippen LogP contribution in [0.2, 0.25) is 0 Å². The zero-order valence-electron chi connectivity index (χ0n) is 19.5. The number of non-ortho nitro benzene ring substituents is 1. The average Bonchev–Trinajstić information content (AvgIpc) is 3.23. The summed E-state index contributed by atoms with van der Waals surface area (Å²) in [4.78, 5) is 37.5. The van der Waals surface area contributed by atoms with Gasteiger partial charge in [-0.05, 0) is 73.4 Å². The highest BCUT2D eigenvalue weighted by Gasteiger charge is 2.35. The molecule has 1 aromatic heterocycles. The number of carbonyl (C=O) groups excluding carboxylic acids is 2. The second-order valence-electron chi connectivity index (χ2n) is 8.29. The summed E-state index contributed by atoms with van der Waals surface area (Å²) in [5, 5.41) is 10.5. The van der Waals surface area contributed by atoms with Gasteiger partial charge in [0.05, 0.1) is 22.1 Å². The number of aromatic nitrogens is 1. The lowest BCUT2D eigenvalue weighted by Gasteiger charge is -2.17. The van der Waals surface area contributed by atoms with Crippen LogP contribution in [0.15, 0.2) is 53.4 Å². The van der Waals surface area contributed by atoms with Gasteiger partial charge in [0.2, 0.25) is 0 Å². The van der Waals surface area contributed by atoms with Gasteiger partial charge < -0.3 is 4.57 Å². The number of nitrogens with zero attached hydrogens (tertiary/aromatic N) is 3. The molecule has 0 N–H and O–H groups in total. The zero-order chi connectivity index (χ0) is 24.6. The lowest BCUT2D eigenvalue weighted by Crippen LogP contribution is -2.27. The highest BCUT2D eigenvalue weighted by atomic mass is 32.2. The van der Waals surface area contributed by atoms with Gasteiger partial charge in [-0.15, -0.1) is 0 Å². The Hall–Kier alpha value is -3.65. The van der Waals surface area contributed by atoms with Crippen LogP contribution in [0.5, 0.6) is 0 Å². The van der Waals surface area contributed by atoms with Crippen LogP contribution in [-0.2, 0) is 17.8 Å². The summed E-state index contributed by atoms with van der Waals surface area (Å²) in [5.74, 6) is -0.358. The van der Waals surface area contributed by atoms with Crippen molar-refractivity contribution in [3.05, 3.63) is 97.2 Å². The van der Waals surface area contributed by atoms with Crippen LogP contribution in [0, 0.1) is 30.9 Å². The Morgan fingerprint density at radius 1 is 1.06 bits per heavy atom. The maximum Gasteiger partial charge on any atom is 0.293 e. The Bertz CT molecular complexity index is 1340. The molecule has 1 aliphatic rings. The molecule has 174 valence electrons. The third kappa shape index (κ3) is 4.28. The third-order valence-corrected chi connectivity index (χ3v) is 6.95. The van der Waals surface area contributed by atoms with Gasteiger partial charge >= 0.3 is 0 Å². The summed E-state index contributed by atoms with van der Waals surface area (Å²) < 4.78 is 2.21. The molecule has 1 aliphatic heterocycles. The first-order valence-corrected chi connectivity index (χ1v) is 11.8. The van der Waals surface area contributed by atoms with Crippen molar-refractivity contribution in [3.63, 3.8) is 0 Å². The van der Waals surface area contributed by atoms with E-state index in [0.29, 0.717) is 10.5 Å². The number of rotatable bonds is 6. The molecule has 2 aromatic carbocycles. The summed E-state index contributed by atoms with van der Waals surface area (Å²) >= 11 is 0.915. The van der Waals surface area contributed by atoms with Crippen molar-refractivity contribution < 1.29 is 14.5 Å². The fraction of sp³-hybridized carbons (Fsp3) is 0.231. The molecule has 0 atom stereocenters. The Morgan fingerprint density at radius 2 is 1.76 bits per heavy atom. The van der Waals surface area contributed by atoms with Crippen LogP contribution in [0.4, 0.5) is 10.5 Å². The van der Waals surface area contributed by atoms with E-state index < -0.39 is 4.92 Å². The largest absolute Gasteiger partial charge is 0.317 e. The summed E-state index contributed by atoms with van der Waals surface area (Å²) in [6.07, 6.45) is 2.69. The van der Waals surface area contributed by atoms with Crippen LogP contribution >= 0.6 is 11.8 Å². The predicted octanol–water partition coefficient (Wildman–Crippen LogP) is 6.11. The predicted molar refractivity (Wildman–Crippen MR) is 134 cm³/mol. The minimum Gasteiger partial charge on any atom is -0.317 e. The van der Waals surface area contributed by atoms with Gasteiger partial charge in [-0.1, -0.05) is 37.3 Å².